The van der Waals surface area contributed by atoms with Crippen LogP contribution >= 0.6 is 27.5 Å². The molecule has 3 rings (SSSR count). The maximum Gasteiger partial charge on any atom is 0.307 e. The number of ether oxygens (including phenoxy) is 1. The number of aromatic nitrogens is 1. The lowest BCUT2D eigenvalue weighted by Gasteiger charge is -2.40. The van der Waals surface area contributed by atoms with E-state index < -0.39 is 17.4 Å². The Morgan fingerprint density at radius 2 is 2.20 bits per heavy atom. The van der Waals surface area contributed by atoms with Gasteiger partial charge in [-0.3, -0.25) is 4.79 Å². The summed E-state index contributed by atoms with van der Waals surface area (Å²) in [7, 11) is 0. The summed E-state index contributed by atoms with van der Waals surface area (Å²) in [6.07, 6.45) is 1.64. The summed E-state index contributed by atoms with van der Waals surface area (Å²) in [5.74, 6) is -1.38. The summed E-state index contributed by atoms with van der Waals surface area (Å²) in [6, 6.07) is 6.64. The lowest BCUT2D eigenvalue weighted by Crippen LogP contribution is -2.41. The lowest BCUT2D eigenvalue weighted by atomic mass is 9.71. The van der Waals surface area contributed by atoms with E-state index in [1.54, 1.807) is 25.1 Å². The topological polar surface area (TPSA) is 108 Å². The molecule has 1 aromatic carbocycles. The molecule has 0 aliphatic carbocycles. The van der Waals surface area contributed by atoms with Gasteiger partial charge in [0.2, 0.25) is 0 Å². The minimum atomic E-state index is -1.51. The lowest BCUT2D eigenvalue weighted by molar-refractivity contribution is -0.144. The van der Waals surface area contributed by atoms with Crippen LogP contribution in [-0.2, 0) is 10.3 Å². The minimum absolute atomic E-state index is 0.151. The number of nitrogens with zero attached hydrogens (tertiary/aromatic N) is 4. The van der Waals surface area contributed by atoms with Gasteiger partial charge in [-0.15, -0.1) is 0 Å². The molecule has 0 radical (unpaired) electrons. The molecule has 0 fully saturated rings. The zero-order chi connectivity index (χ0) is 18.2. The molecule has 0 saturated carbocycles. The molecule has 0 saturated heterocycles. The first-order valence-electron chi connectivity index (χ1n) is 7.37. The number of carbonyl (C=O) groups is 1. The van der Waals surface area contributed by atoms with Crippen molar-refractivity contribution in [1.29, 1.82) is 0 Å². The number of pyridine rings is 1. The standard InChI is InChI=1S/C16H12BrClN4O3/c1-2-9(15(23)24)16(21-22-19)10-5-8(17)3-4-12(10)25-13-7-20-14(18)6-11(13)16/h3-7,9H,2H2,1H3,(H,23,24). The molecule has 1 aliphatic rings. The van der Waals surface area contributed by atoms with Gasteiger partial charge in [-0.25, -0.2) is 4.98 Å². The van der Waals surface area contributed by atoms with E-state index in [2.05, 4.69) is 30.9 Å². The second-order valence-corrected chi connectivity index (χ2v) is 6.80. The molecule has 1 aromatic heterocycles. The minimum Gasteiger partial charge on any atom is -0.481 e. The maximum absolute atomic E-state index is 12.0. The highest BCUT2D eigenvalue weighted by Gasteiger charge is 2.50. The van der Waals surface area contributed by atoms with E-state index in [9.17, 15) is 15.4 Å². The molecule has 1 aliphatic heterocycles. The van der Waals surface area contributed by atoms with Gasteiger partial charge in [0.1, 0.15) is 22.2 Å². The number of rotatable bonds is 4. The number of hydrogen-bond acceptors (Lipinski definition) is 4. The Bertz CT molecular complexity index is 863. The number of aliphatic carboxylic acids is 1. The second-order valence-electron chi connectivity index (χ2n) is 5.50. The Morgan fingerprint density at radius 3 is 2.84 bits per heavy atom. The second kappa shape index (κ2) is 6.55. The zero-order valence-corrected chi connectivity index (χ0v) is 15.3. The summed E-state index contributed by atoms with van der Waals surface area (Å²) in [5.41, 5.74) is 8.60. The smallest absolute Gasteiger partial charge is 0.307 e. The Labute approximate surface area is 156 Å². The van der Waals surface area contributed by atoms with Gasteiger partial charge in [-0.05, 0) is 36.2 Å². The number of carboxylic acids is 1. The fraction of sp³-hybridized carbons (Fsp3) is 0.250. The maximum atomic E-state index is 12.0. The highest BCUT2D eigenvalue weighted by molar-refractivity contribution is 9.10. The van der Waals surface area contributed by atoms with E-state index in [0.717, 1.165) is 0 Å². The van der Waals surface area contributed by atoms with E-state index in [-0.39, 0.29) is 11.6 Å². The Morgan fingerprint density at radius 1 is 1.48 bits per heavy atom. The molecule has 9 heteroatoms. The van der Waals surface area contributed by atoms with Gasteiger partial charge in [-0.1, -0.05) is 39.6 Å². The number of fused-ring (bicyclic) bond motifs is 2. The Kier molecular flexibility index (Phi) is 4.60. The van der Waals surface area contributed by atoms with Crippen molar-refractivity contribution in [1.82, 2.24) is 4.98 Å². The monoisotopic (exact) mass is 422 g/mol. The van der Waals surface area contributed by atoms with E-state index in [1.807, 2.05) is 0 Å². The third-order valence-corrected chi connectivity index (χ3v) is 4.93. The third kappa shape index (κ3) is 2.72. The highest BCUT2D eigenvalue weighted by atomic mass is 79.9. The van der Waals surface area contributed by atoms with Crippen molar-refractivity contribution in [3.8, 4) is 11.5 Å². The van der Waals surface area contributed by atoms with Crippen molar-refractivity contribution in [2.75, 3.05) is 0 Å². The normalized spacial score (nSPS) is 19.0. The quantitative estimate of drug-likeness (QED) is 0.313. The van der Waals surface area contributed by atoms with E-state index in [0.29, 0.717) is 27.1 Å². The first-order chi connectivity index (χ1) is 11.9. The van der Waals surface area contributed by atoms with Gasteiger partial charge in [0.15, 0.2) is 0 Å². The van der Waals surface area contributed by atoms with E-state index in [1.165, 1.54) is 12.3 Å². The van der Waals surface area contributed by atoms with Crippen molar-refractivity contribution in [2.24, 2.45) is 11.0 Å². The molecular weight excluding hydrogens is 412 g/mol. The van der Waals surface area contributed by atoms with Crippen LogP contribution in [0.3, 0.4) is 0 Å². The molecule has 128 valence electrons. The SMILES string of the molecule is CCC(C(=O)O)C1(N=[N+]=[N-])c2cc(Br)ccc2Oc2cnc(Cl)cc21. The zero-order valence-electron chi connectivity index (χ0n) is 13.0. The van der Waals surface area contributed by atoms with Gasteiger partial charge < -0.3 is 9.84 Å². The number of carboxylic acid groups (broad SMARTS) is 1. The highest BCUT2D eigenvalue weighted by Crippen LogP contribution is 2.54. The predicted molar refractivity (Wildman–Crippen MR) is 94.8 cm³/mol. The fourth-order valence-electron chi connectivity index (χ4n) is 3.22. The average molecular weight is 424 g/mol. The summed E-state index contributed by atoms with van der Waals surface area (Å²) in [4.78, 5) is 19.0. The van der Waals surface area contributed by atoms with E-state index >= 15 is 0 Å². The molecule has 2 atom stereocenters. The molecule has 0 spiro atoms. The number of benzene rings is 1. The third-order valence-electron chi connectivity index (χ3n) is 4.23. The molecule has 2 aromatic rings. The average Bonchev–Trinajstić information content (AvgIpc) is 2.57. The van der Waals surface area contributed by atoms with Crippen LogP contribution in [0.15, 0.2) is 40.0 Å². The van der Waals surface area contributed by atoms with Gasteiger partial charge in [-0.2, -0.15) is 0 Å². The molecular formula is C16H12BrClN4O3. The summed E-state index contributed by atoms with van der Waals surface area (Å²) in [5, 5.41) is 14.0. The van der Waals surface area contributed by atoms with Gasteiger partial charge in [0.05, 0.1) is 12.1 Å². The first-order valence-corrected chi connectivity index (χ1v) is 8.54. The van der Waals surface area contributed by atoms with Crippen molar-refractivity contribution in [3.63, 3.8) is 0 Å². The number of halogens is 2. The molecule has 0 bridgehead atoms. The van der Waals surface area contributed by atoms with Crippen LogP contribution in [0.5, 0.6) is 11.5 Å². The van der Waals surface area contributed by atoms with E-state index in [4.69, 9.17) is 16.3 Å². The van der Waals surface area contributed by atoms with Gasteiger partial charge >= 0.3 is 5.97 Å². The molecule has 7 nitrogen and oxygen atoms in total. The van der Waals surface area contributed by atoms with Crippen LogP contribution < -0.4 is 4.74 Å². The Balaban J connectivity index is 2.46. The number of azide groups is 1. The van der Waals surface area contributed by atoms with Crippen LogP contribution in [0.1, 0.15) is 24.5 Å². The summed E-state index contributed by atoms with van der Waals surface area (Å²) >= 11 is 9.41. The molecule has 25 heavy (non-hydrogen) atoms. The Hall–Kier alpha value is -2.28. The van der Waals surface area contributed by atoms with Crippen molar-refractivity contribution >= 4 is 33.5 Å². The van der Waals surface area contributed by atoms with Gasteiger partial charge in [0.25, 0.3) is 0 Å². The van der Waals surface area contributed by atoms with Gasteiger partial charge in [0, 0.05) is 20.5 Å². The van der Waals surface area contributed by atoms with Crippen LogP contribution in [-0.4, -0.2) is 16.1 Å². The van der Waals surface area contributed by atoms with Crippen LogP contribution in [0, 0.1) is 5.92 Å². The van der Waals surface area contributed by atoms with Crippen molar-refractivity contribution in [3.05, 3.63) is 61.7 Å². The molecule has 1 N–H and O–H groups in total. The molecule has 0 amide bonds. The van der Waals surface area contributed by atoms with Crippen LogP contribution in [0.25, 0.3) is 10.4 Å². The fourth-order valence-corrected chi connectivity index (χ4v) is 3.74. The summed E-state index contributed by atoms with van der Waals surface area (Å²) in [6.45, 7) is 1.73. The largest absolute Gasteiger partial charge is 0.481 e. The van der Waals surface area contributed by atoms with Crippen LogP contribution in [0.2, 0.25) is 5.15 Å². The summed E-state index contributed by atoms with van der Waals surface area (Å²) < 4.78 is 6.55. The first kappa shape index (κ1) is 17.5. The van der Waals surface area contributed by atoms with Crippen molar-refractivity contribution < 1.29 is 14.6 Å². The van der Waals surface area contributed by atoms with Crippen LogP contribution in [0.4, 0.5) is 0 Å². The van der Waals surface area contributed by atoms with Crippen molar-refractivity contribution in [2.45, 2.75) is 18.9 Å². The predicted octanol–water partition coefficient (Wildman–Crippen LogP) is 5.27. The molecule has 2 unspecified atom stereocenters. The molecule has 2 heterocycles. The number of hydrogen-bond donors (Lipinski definition) is 1.